The third kappa shape index (κ3) is 5.16. The quantitative estimate of drug-likeness (QED) is 0.579. The first-order valence-corrected chi connectivity index (χ1v) is 8.76. The Hall–Kier alpha value is -3.68. The van der Waals surface area contributed by atoms with Gasteiger partial charge in [0.1, 0.15) is 12.4 Å². The Morgan fingerprint density at radius 1 is 1.14 bits per heavy atom. The van der Waals surface area contributed by atoms with Crippen molar-refractivity contribution in [1.29, 1.82) is 0 Å². The van der Waals surface area contributed by atoms with Crippen LogP contribution in [0.5, 0.6) is 5.75 Å². The maximum absolute atomic E-state index is 12.2. The summed E-state index contributed by atoms with van der Waals surface area (Å²) in [7, 11) is 0. The highest BCUT2D eigenvalue weighted by Crippen LogP contribution is 2.18. The number of nitrogens with zero attached hydrogens (tertiary/aromatic N) is 1. The summed E-state index contributed by atoms with van der Waals surface area (Å²) in [5, 5.41) is 2.78. The molecule has 28 heavy (non-hydrogen) atoms. The van der Waals surface area contributed by atoms with Gasteiger partial charge >= 0.3 is 5.69 Å². The number of benzene rings is 1. The van der Waals surface area contributed by atoms with E-state index >= 15 is 0 Å². The van der Waals surface area contributed by atoms with Crippen molar-refractivity contribution in [2.24, 2.45) is 0 Å². The SMILES string of the molecule is Cc1[nH]c(=O)[nH]c(=O)c1CCC(=O)Nc1cccc(OCc2ccccn2)c1. The van der Waals surface area contributed by atoms with E-state index in [0.717, 1.165) is 5.69 Å². The number of H-pyrrole nitrogens is 2. The molecule has 3 rings (SSSR count). The first-order chi connectivity index (χ1) is 13.5. The summed E-state index contributed by atoms with van der Waals surface area (Å²) in [6, 6.07) is 12.6. The van der Waals surface area contributed by atoms with Crippen molar-refractivity contribution in [2.45, 2.75) is 26.4 Å². The number of carbonyl (C=O) groups is 1. The van der Waals surface area contributed by atoms with E-state index in [1.807, 2.05) is 18.2 Å². The van der Waals surface area contributed by atoms with Crippen LogP contribution in [0.3, 0.4) is 0 Å². The normalized spacial score (nSPS) is 10.5. The molecule has 1 amide bonds. The van der Waals surface area contributed by atoms with Crippen LogP contribution in [-0.4, -0.2) is 20.9 Å². The zero-order valence-corrected chi connectivity index (χ0v) is 15.3. The van der Waals surface area contributed by atoms with Crippen LogP contribution >= 0.6 is 0 Å². The Bertz CT molecular complexity index is 1070. The van der Waals surface area contributed by atoms with E-state index in [4.69, 9.17) is 4.74 Å². The van der Waals surface area contributed by atoms with Gasteiger partial charge in [0.15, 0.2) is 0 Å². The fraction of sp³-hybridized carbons (Fsp3) is 0.200. The average Bonchev–Trinajstić information content (AvgIpc) is 2.66. The number of carbonyl (C=O) groups excluding carboxylic acids is 1. The molecule has 0 aliphatic rings. The molecule has 0 saturated carbocycles. The first kappa shape index (κ1) is 19.1. The van der Waals surface area contributed by atoms with E-state index in [0.29, 0.717) is 29.3 Å². The van der Waals surface area contributed by atoms with E-state index in [2.05, 4.69) is 20.3 Å². The number of nitrogens with one attached hydrogen (secondary N) is 3. The molecule has 1 aromatic carbocycles. The van der Waals surface area contributed by atoms with Gasteiger partial charge in [-0.15, -0.1) is 0 Å². The minimum Gasteiger partial charge on any atom is -0.487 e. The van der Waals surface area contributed by atoms with Crippen molar-refractivity contribution < 1.29 is 9.53 Å². The molecule has 8 nitrogen and oxygen atoms in total. The number of hydrogen-bond acceptors (Lipinski definition) is 5. The highest BCUT2D eigenvalue weighted by Gasteiger charge is 2.10. The zero-order valence-electron chi connectivity index (χ0n) is 15.3. The lowest BCUT2D eigenvalue weighted by molar-refractivity contribution is -0.116. The molecule has 3 aromatic rings. The Kier molecular flexibility index (Phi) is 6.01. The number of pyridine rings is 1. The largest absolute Gasteiger partial charge is 0.487 e. The van der Waals surface area contributed by atoms with Crippen LogP contribution in [0, 0.1) is 6.92 Å². The highest BCUT2D eigenvalue weighted by atomic mass is 16.5. The molecule has 0 aliphatic carbocycles. The van der Waals surface area contributed by atoms with E-state index < -0.39 is 11.2 Å². The van der Waals surface area contributed by atoms with E-state index in [9.17, 15) is 14.4 Å². The number of aryl methyl sites for hydroxylation is 1. The number of aromatic amines is 2. The summed E-state index contributed by atoms with van der Waals surface area (Å²) >= 11 is 0. The third-order valence-electron chi connectivity index (χ3n) is 4.09. The lowest BCUT2D eigenvalue weighted by atomic mass is 10.1. The van der Waals surface area contributed by atoms with Gasteiger partial charge in [0, 0.05) is 35.6 Å². The van der Waals surface area contributed by atoms with Gasteiger partial charge in [-0.05, 0) is 37.6 Å². The van der Waals surface area contributed by atoms with Crippen LogP contribution in [0.25, 0.3) is 0 Å². The lowest BCUT2D eigenvalue weighted by Crippen LogP contribution is -2.27. The maximum atomic E-state index is 12.2. The van der Waals surface area contributed by atoms with Crippen molar-refractivity contribution in [3.63, 3.8) is 0 Å². The second-order valence-electron chi connectivity index (χ2n) is 6.20. The average molecular weight is 380 g/mol. The molecule has 0 aliphatic heterocycles. The van der Waals surface area contributed by atoms with Gasteiger partial charge in [0.2, 0.25) is 5.91 Å². The first-order valence-electron chi connectivity index (χ1n) is 8.76. The molecule has 0 unspecified atom stereocenters. The molecule has 0 bridgehead atoms. The fourth-order valence-corrected chi connectivity index (χ4v) is 2.69. The number of amides is 1. The second-order valence-corrected chi connectivity index (χ2v) is 6.20. The summed E-state index contributed by atoms with van der Waals surface area (Å²) < 4.78 is 5.69. The predicted octanol–water partition coefficient (Wildman–Crippen LogP) is 1.92. The van der Waals surface area contributed by atoms with Gasteiger partial charge in [-0.1, -0.05) is 12.1 Å². The number of rotatable bonds is 7. The third-order valence-corrected chi connectivity index (χ3v) is 4.09. The molecule has 0 radical (unpaired) electrons. The number of aromatic nitrogens is 3. The van der Waals surface area contributed by atoms with Gasteiger partial charge in [-0.3, -0.25) is 19.6 Å². The van der Waals surface area contributed by atoms with Crippen molar-refractivity contribution in [1.82, 2.24) is 15.0 Å². The Balaban J connectivity index is 1.57. The van der Waals surface area contributed by atoms with Crippen LogP contribution in [0.15, 0.2) is 58.3 Å². The van der Waals surface area contributed by atoms with Crippen LogP contribution in [-0.2, 0) is 17.8 Å². The van der Waals surface area contributed by atoms with Gasteiger partial charge in [-0.25, -0.2) is 4.79 Å². The highest BCUT2D eigenvalue weighted by molar-refractivity contribution is 5.91. The van der Waals surface area contributed by atoms with Crippen molar-refractivity contribution >= 4 is 11.6 Å². The molecule has 144 valence electrons. The molecule has 3 N–H and O–H groups in total. The molecular weight excluding hydrogens is 360 g/mol. The van der Waals surface area contributed by atoms with Crippen molar-refractivity contribution in [2.75, 3.05) is 5.32 Å². The number of ether oxygens (including phenoxy) is 1. The molecule has 8 heteroatoms. The Morgan fingerprint density at radius 2 is 2.00 bits per heavy atom. The van der Waals surface area contributed by atoms with Crippen LogP contribution in [0.4, 0.5) is 5.69 Å². The van der Waals surface area contributed by atoms with Crippen LogP contribution in [0.1, 0.15) is 23.4 Å². The molecule has 2 aromatic heterocycles. The molecule has 0 atom stereocenters. The summed E-state index contributed by atoms with van der Waals surface area (Å²) in [5.41, 5.74) is 1.22. The molecule has 0 saturated heterocycles. The predicted molar refractivity (Wildman–Crippen MR) is 104 cm³/mol. The van der Waals surface area contributed by atoms with Gasteiger partial charge in [0.25, 0.3) is 5.56 Å². The smallest absolute Gasteiger partial charge is 0.325 e. The Morgan fingerprint density at radius 3 is 2.75 bits per heavy atom. The molecule has 2 heterocycles. The van der Waals surface area contributed by atoms with Gasteiger partial charge in [0.05, 0.1) is 5.69 Å². The zero-order chi connectivity index (χ0) is 19.9. The molecular formula is C20H20N4O4. The fourth-order valence-electron chi connectivity index (χ4n) is 2.69. The van der Waals surface area contributed by atoms with Crippen LogP contribution in [0.2, 0.25) is 0 Å². The van der Waals surface area contributed by atoms with E-state index in [1.165, 1.54) is 0 Å². The summed E-state index contributed by atoms with van der Waals surface area (Å²) in [6.45, 7) is 1.96. The minimum absolute atomic E-state index is 0.106. The second kappa shape index (κ2) is 8.81. The minimum atomic E-state index is -0.557. The monoisotopic (exact) mass is 380 g/mol. The van der Waals surface area contributed by atoms with Crippen molar-refractivity contribution in [3.05, 3.63) is 86.5 Å². The Labute approximate surface area is 160 Å². The van der Waals surface area contributed by atoms with Crippen molar-refractivity contribution in [3.8, 4) is 5.75 Å². The summed E-state index contributed by atoms with van der Waals surface area (Å²) in [6.07, 6.45) is 2.03. The number of hydrogen-bond donors (Lipinski definition) is 3. The number of anilines is 1. The summed E-state index contributed by atoms with van der Waals surface area (Å²) in [5.74, 6) is 0.364. The summed E-state index contributed by atoms with van der Waals surface area (Å²) in [4.78, 5) is 44.2. The standard InChI is InChI=1S/C20H20N4O4/c1-13-17(19(26)24-20(27)22-13)8-9-18(25)23-14-6-4-7-16(11-14)28-12-15-5-2-3-10-21-15/h2-7,10-11H,8-9,12H2,1H3,(H,23,25)(H2,22,24,26,27). The molecule has 0 fully saturated rings. The maximum Gasteiger partial charge on any atom is 0.325 e. The topological polar surface area (TPSA) is 117 Å². The molecule has 0 spiro atoms. The lowest BCUT2D eigenvalue weighted by Gasteiger charge is -2.09. The van der Waals surface area contributed by atoms with Gasteiger partial charge in [-0.2, -0.15) is 0 Å². The van der Waals surface area contributed by atoms with Gasteiger partial charge < -0.3 is 15.0 Å². The van der Waals surface area contributed by atoms with E-state index in [-0.39, 0.29) is 18.7 Å². The van der Waals surface area contributed by atoms with Crippen LogP contribution < -0.4 is 21.3 Å². The van der Waals surface area contributed by atoms with E-state index in [1.54, 1.807) is 37.4 Å².